The Morgan fingerprint density at radius 2 is 1.00 bits per heavy atom. The Balaban J connectivity index is 1.55. The minimum Gasteiger partial charge on any atom is -0.307 e. The number of hydrogen-bond donors (Lipinski definition) is 0. The van der Waals surface area contributed by atoms with Gasteiger partial charge in [0.2, 0.25) is 0 Å². The largest absolute Gasteiger partial charge is 0.307 e. The van der Waals surface area contributed by atoms with Gasteiger partial charge in [-0.05, 0) is 41.8 Å². The lowest BCUT2D eigenvalue weighted by atomic mass is 10.1. The summed E-state index contributed by atoms with van der Waals surface area (Å²) in [5.41, 5.74) is 7.35. The fourth-order valence-corrected chi connectivity index (χ4v) is 8.44. The Morgan fingerprint density at radius 3 is 1.88 bits per heavy atom. The van der Waals surface area contributed by atoms with Gasteiger partial charge in [0.05, 0.1) is 27.8 Å². The van der Waals surface area contributed by atoms with E-state index in [2.05, 4.69) is 155 Å². The lowest BCUT2D eigenvalue weighted by molar-refractivity contribution is 1.16. The first-order valence-electron chi connectivity index (χ1n) is 14.7. The van der Waals surface area contributed by atoms with Gasteiger partial charge in [-0.25, -0.2) is 0 Å². The van der Waals surface area contributed by atoms with Crippen LogP contribution in [0.5, 0.6) is 0 Å². The van der Waals surface area contributed by atoms with E-state index in [-0.39, 0.29) is 0 Å². The molecular weight excluding hydrogens is 541 g/mol. The van der Waals surface area contributed by atoms with Gasteiger partial charge in [0.1, 0.15) is 0 Å². The summed E-state index contributed by atoms with van der Waals surface area (Å²) in [5.74, 6) is 0. The van der Waals surface area contributed by atoms with Gasteiger partial charge in [0.25, 0.3) is 0 Å². The highest BCUT2D eigenvalue weighted by molar-refractivity contribution is 7.26. The molecule has 0 radical (unpaired) electrons. The number of benzene rings is 7. The van der Waals surface area contributed by atoms with Gasteiger partial charge in [0.15, 0.2) is 0 Å². The molecule has 0 atom stereocenters. The summed E-state index contributed by atoms with van der Waals surface area (Å²) in [6, 6.07) is 53.3. The van der Waals surface area contributed by atoms with Gasteiger partial charge in [-0.3, -0.25) is 0 Å². The first-order valence-corrected chi connectivity index (χ1v) is 15.5. The van der Waals surface area contributed by atoms with Crippen molar-refractivity contribution in [3.05, 3.63) is 146 Å². The molecule has 0 saturated carbocycles. The van der Waals surface area contributed by atoms with Crippen LogP contribution in [0.1, 0.15) is 0 Å². The van der Waals surface area contributed by atoms with Crippen LogP contribution in [-0.2, 0) is 0 Å². The first kappa shape index (κ1) is 23.2. The molecule has 7 aromatic carbocycles. The summed E-state index contributed by atoms with van der Waals surface area (Å²) in [7, 11) is 0. The van der Waals surface area contributed by atoms with Gasteiger partial charge >= 0.3 is 0 Å². The Morgan fingerprint density at radius 1 is 0.372 bits per heavy atom. The van der Waals surface area contributed by atoms with E-state index in [1.807, 2.05) is 11.3 Å². The molecule has 43 heavy (non-hydrogen) atoms. The van der Waals surface area contributed by atoms with Crippen LogP contribution in [0.25, 0.3) is 85.9 Å². The predicted molar refractivity (Wildman–Crippen MR) is 186 cm³/mol. The second-order valence-corrected chi connectivity index (χ2v) is 12.4. The lowest BCUT2D eigenvalue weighted by Crippen LogP contribution is -1.99. The highest BCUT2D eigenvalue weighted by Crippen LogP contribution is 2.47. The fraction of sp³-hybridized carbons (Fsp3) is 0. The van der Waals surface area contributed by atoms with Gasteiger partial charge in [-0.1, -0.05) is 109 Å². The average molecular weight is 565 g/mol. The predicted octanol–water partition coefficient (Wildman–Crippen LogP) is 11.4. The molecule has 0 spiro atoms. The summed E-state index contributed by atoms with van der Waals surface area (Å²) in [5, 5.41) is 10.2. The first-order chi connectivity index (χ1) is 21.4. The van der Waals surface area contributed by atoms with E-state index >= 15 is 0 Å². The lowest BCUT2D eigenvalue weighted by Gasteiger charge is -2.15. The van der Waals surface area contributed by atoms with Crippen molar-refractivity contribution in [3.8, 4) is 11.4 Å². The molecule has 0 amide bonds. The van der Waals surface area contributed by atoms with Crippen LogP contribution in [0, 0.1) is 0 Å². The SMILES string of the molecule is c1ccc(-n2c3ccccc3c3ccc4c5ccc6sc7ccccc7c6c5n(-c5cccc6ccccc56)c4c32)cc1. The Kier molecular flexibility index (Phi) is 4.63. The molecule has 0 aliphatic heterocycles. The second kappa shape index (κ2) is 8.57. The van der Waals surface area contributed by atoms with E-state index in [0.717, 1.165) is 0 Å². The van der Waals surface area contributed by atoms with Crippen molar-refractivity contribution in [3.63, 3.8) is 0 Å². The average Bonchev–Trinajstić information content (AvgIpc) is 3.72. The second-order valence-electron chi connectivity index (χ2n) is 11.3. The van der Waals surface area contributed by atoms with Gasteiger partial charge < -0.3 is 9.13 Å². The standard InChI is InChI=1S/C40H24N2S/c1-2-13-26(14-3-1)41-34-18-8-6-16-28(34)29-21-22-31-30-23-24-36-37(32-17-7-9-20-35(32)43-36)38(30)42(40(31)39(29)41)33-19-10-12-25-11-4-5-15-27(25)33/h1-24H. The zero-order chi connectivity index (χ0) is 28.1. The molecule has 0 unspecified atom stereocenters. The van der Waals surface area contributed by atoms with E-state index in [9.17, 15) is 0 Å². The third kappa shape index (κ3) is 3.07. The summed E-state index contributed by atoms with van der Waals surface area (Å²) in [6.07, 6.45) is 0. The smallest absolute Gasteiger partial charge is 0.0789 e. The van der Waals surface area contributed by atoms with Crippen molar-refractivity contribution < 1.29 is 0 Å². The Labute approximate surface area is 251 Å². The molecule has 0 aliphatic carbocycles. The van der Waals surface area contributed by atoms with Crippen LogP contribution in [0.4, 0.5) is 0 Å². The summed E-state index contributed by atoms with van der Waals surface area (Å²) in [6.45, 7) is 0. The minimum atomic E-state index is 1.17. The van der Waals surface area contributed by atoms with Crippen molar-refractivity contribution in [2.24, 2.45) is 0 Å². The van der Waals surface area contributed by atoms with E-state index < -0.39 is 0 Å². The third-order valence-electron chi connectivity index (χ3n) is 9.09. The van der Waals surface area contributed by atoms with Crippen LogP contribution in [0.15, 0.2) is 146 Å². The minimum absolute atomic E-state index is 1.17. The maximum atomic E-state index is 2.58. The van der Waals surface area contributed by atoms with Crippen molar-refractivity contribution in [2.75, 3.05) is 0 Å². The Hall–Kier alpha value is -5.38. The monoisotopic (exact) mass is 564 g/mol. The van der Waals surface area contributed by atoms with Crippen molar-refractivity contribution in [1.29, 1.82) is 0 Å². The summed E-state index contributed by atoms with van der Waals surface area (Å²) in [4.78, 5) is 0. The van der Waals surface area contributed by atoms with Crippen molar-refractivity contribution in [2.45, 2.75) is 0 Å². The van der Waals surface area contributed by atoms with Crippen LogP contribution in [0.2, 0.25) is 0 Å². The van der Waals surface area contributed by atoms with Gasteiger partial charge in [-0.2, -0.15) is 0 Å². The fourth-order valence-electron chi connectivity index (χ4n) is 7.33. The molecule has 0 saturated heterocycles. The summed E-state index contributed by atoms with van der Waals surface area (Å²) < 4.78 is 7.69. The molecule has 0 bridgehead atoms. The Bertz CT molecular complexity index is 2720. The van der Waals surface area contributed by atoms with Crippen molar-refractivity contribution in [1.82, 2.24) is 9.13 Å². The van der Waals surface area contributed by atoms with E-state index in [1.54, 1.807) is 0 Å². The van der Waals surface area contributed by atoms with Crippen LogP contribution >= 0.6 is 11.3 Å². The maximum Gasteiger partial charge on any atom is 0.0789 e. The molecule has 0 aliphatic rings. The number of fused-ring (bicyclic) bond motifs is 12. The van der Waals surface area contributed by atoms with E-state index in [0.29, 0.717) is 0 Å². The quantitative estimate of drug-likeness (QED) is 0.198. The topological polar surface area (TPSA) is 9.86 Å². The molecule has 3 aromatic heterocycles. The van der Waals surface area contributed by atoms with Crippen molar-refractivity contribution >= 4 is 85.9 Å². The highest BCUT2D eigenvalue weighted by atomic mass is 32.1. The number of nitrogens with zero attached hydrogens (tertiary/aromatic N) is 2. The number of hydrogen-bond acceptors (Lipinski definition) is 1. The number of rotatable bonds is 2. The van der Waals surface area contributed by atoms with E-state index in [1.165, 1.54) is 85.9 Å². The molecule has 10 rings (SSSR count). The number of para-hydroxylation sites is 2. The molecule has 2 nitrogen and oxygen atoms in total. The molecule has 10 aromatic rings. The normalized spacial score (nSPS) is 12.2. The molecular formula is C40H24N2S. The van der Waals surface area contributed by atoms with Gasteiger partial charge in [-0.15, -0.1) is 11.3 Å². The van der Waals surface area contributed by atoms with Crippen LogP contribution in [0.3, 0.4) is 0 Å². The summed E-state index contributed by atoms with van der Waals surface area (Å²) >= 11 is 1.88. The van der Waals surface area contributed by atoms with Gasteiger partial charge in [0, 0.05) is 52.8 Å². The van der Waals surface area contributed by atoms with E-state index in [4.69, 9.17) is 0 Å². The maximum absolute atomic E-state index is 2.58. The molecule has 3 heteroatoms. The zero-order valence-electron chi connectivity index (χ0n) is 23.2. The molecule has 3 heterocycles. The molecule has 0 N–H and O–H groups in total. The molecule has 0 fully saturated rings. The molecule has 200 valence electrons. The highest BCUT2D eigenvalue weighted by Gasteiger charge is 2.24. The number of thiophene rings is 1. The third-order valence-corrected chi connectivity index (χ3v) is 10.2. The van der Waals surface area contributed by atoms with Crippen LogP contribution < -0.4 is 0 Å². The zero-order valence-corrected chi connectivity index (χ0v) is 24.0. The number of aromatic nitrogens is 2. The van der Waals surface area contributed by atoms with Crippen LogP contribution in [-0.4, -0.2) is 9.13 Å².